The number of nitrogens with one attached hydrogen (secondary N) is 1. The lowest BCUT2D eigenvalue weighted by molar-refractivity contribution is 0.460. The summed E-state index contributed by atoms with van der Waals surface area (Å²) in [4.78, 5) is 8.73. The van der Waals surface area contributed by atoms with Gasteiger partial charge in [0.05, 0.1) is 10.6 Å². The van der Waals surface area contributed by atoms with E-state index in [1.165, 1.54) is 6.33 Å². The molecular weight excluding hydrogens is 438 g/mol. The van der Waals surface area contributed by atoms with Gasteiger partial charge in [-0.2, -0.15) is 5.10 Å². The largest absolute Gasteiger partial charge is 0.439 e. The molecular formula is C24H25N5O3S. The van der Waals surface area contributed by atoms with Gasteiger partial charge in [-0.05, 0) is 81.6 Å². The molecule has 2 aromatic heterocycles. The number of sulfonamides is 1. The summed E-state index contributed by atoms with van der Waals surface area (Å²) in [7, 11) is -3.70. The smallest absolute Gasteiger partial charge is 0.262 e. The number of anilines is 1. The molecule has 4 rings (SSSR count). The highest BCUT2D eigenvalue weighted by atomic mass is 32.2. The first-order chi connectivity index (χ1) is 15.6. The molecule has 8 nitrogen and oxygen atoms in total. The third-order valence-electron chi connectivity index (χ3n) is 5.46. The van der Waals surface area contributed by atoms with Crippen LogP contribution in [0.5, 0.6) is 11.6 Å². The van der Waals surface area contributed by atoms with E-state index in [-0.39, 0.29) is 4.90 Å². The van der Waals surface area contributed by atoms with Crippen molar-refractivity contribution in [2.75, 3.05) is 4.72 Å². The summed E-state index contributed by atoms with van der Waals surface area (Å²) in [6.07, 6.45) is 1.42. The van der Waals surface area contributed by atoms with Crippen LogP contribution in [0.1, 0.15) is 28.1 Å². The molecule has 0 aliphatic rings. The van der Waals surface area contributed by atoms with Crippen LogP contribution in [0.2, 0.25) is 0 Å². The fourth-order valence-electron chi connectivity index (χ4n) is 3.36. The van der Waals surface area contributed by atoms with E-state index in [0.29, 0.717) is 28.7 Å². The Bertz CT molecular complexity index is 1430. The Morgan fingerprint density at radius 2 is 1.64 bits per heavy atom. The Morgan fingerprint density at radius 1 is 0.909 bits per heavy atom. The van der Waals surface area contributed by atoms with Crippen LogP contribution in [0.4, 0.5) is 5.69 Å². The Balaban J connectivity index is 1.51. The summed E-state index contributed by atoms with van der Waals surface area (Å²) in [5, 5.41) is 4.52. The molecule has 33 heavy (non-hydrogen) atoms. The van der Waals surface area contributed by atoms with Crippen molar-refractivity contribution in [3.8, 4) is 17.4 Å². The fourth-order valence-corrected chi connectivity index (χ4v) is 4.75. The van der Waals surface area contributed by atoms with Crippen LogP contribution in [0.3, 0.4) is 0 Å². The van der Waals surface area contributed by atoms with Gasteiger partial charge < -0.3 is 4.74 Å². The summed E-state index contributed by atoms with van der Waals surface area (Å²) >= 11 is 0. The zero-order valence-electron chi connectivity index (χ0n) is 19.1. The molecule has 9 heteroatoms. The molecule has 0 saturated carbocycles. The van der Waals surface area contributed by atoms with Crippen molar-refractivity contribution in [1.29, 1.82) is 0 Å². The van der Waals surface area contributed by atoms with Crippen LogP contribution in [0, 0.1) is 34.6 Å². The van der Waals surface area contributed by atoms with Crippen LogP contribution < -0.4 is 9.46 Å². The van der Waals surface area contributed by atoms with Crippen molar-refractivity contribution in [2.45, 2.75) is 39.5 Å². The predicted molar refractivity (Wildman–Crippen MR) is 127 cm³/mol. The molecule has 170 valence electrons. The molecule has 0 aliphatic carbocycles. The highest BCUT2D eigenvalue weighted by Crippen LogP contribution is 2.25. The van der Waals surface area contributed by atoms with Crippen LogP contribution >= 0.6 is 0 Å². The minimum absolute atomic E-state index is 0.260. The second-order valence-electron chi connectivity index (χ2n) is 7.92. The van der Waals surface area contributed by atoms with Crippen LogP contribution in [-0.2, 0) is 10.0 Å². The van der Waals surface area contributed by atoms with E-state index in [4.69, 9.17) is 4.74 Å². The van der Waals surface area contributed by atoms with Crippen molar-refractivity contribution < 1.29 is 13.2 Å². The Morgan fingerprint density at radius 3 is 2.30 bits per heavy atom. The average Bonchev–Trinajstić information content (AvgIpc) is 3.04. The summed E-state index contributed by atoms with van der Waals surface area (Å²) in [6, 6.07) is 13.7. The molecule has 1 N–H and O–H groups in total. The fraction of sp³-hybridized carbons (Fsp3) is 0.208. The second kappa shape index (κ2) is 8.67. The van der Waals surface area contributed by atoms with Crippen molar-refractivity contribution in [1.82, 2.24) is 19.7 Å². The lowest BCUT2D eigenvalue weighted by atomic mass is 10.2. The van der Waals surface area contributed by atoms with Gasteiger partial charge in [0.25, 0.3) is 10.0 Å². The third kappa shape index (κ3) is 4.73. The van der Waals surface area contributed by atoms with Gasteiger partial charge in [0.2, 0.25) is 5.88 Å². The van der Waals surface area contributed by atoms with Crippen molar-refractivity contribution in [2.24, 2.45) is 0 Å². The van der Waals surface area contributed by atoms with Gasteiger partial charge in [0.1, 0.15) is 12.1 Å². The Kier molecular flexibility index (Phi) is 5.90. The second-order valence-corrected chi connectivity index (χ2v) is 9.57. The highest BCUT2D eigenvalue weighted by Gasteiger charge is 2.17. The monoisotopic (exact) mass is 463 g/mol. The molecule has 0 radical (unpaired) electrons. The van der Waals surface area contributed by atoms with E-state index in [1.807, 2.05) is 33.8 Å². The number of rotatable bonds is 6. The van der Waals surface area contributed by atoms with Gasteiger partial charge in [-0.1, -0.05) is 12.1 Å². The first-order valence-electron chi connectivity index (χ1n) is 10.4. The number of hydrogen-bond donors (Lipinski definition) is 1. The topological polar surface area (TPSA) is 99.0 Å². The molecule has 2 aromatic carbocycles. The maximum Gasteiger partial charge on any atom is 0.262 e. The van der Waals surface area contributed by atoms with Crippen LogP contribution in [-0.4, -0.2) is 28.2 Å². The van der Waals surface area contributed by atoms with Crippen LogP contribution in [0.15, 0.2) is 59.8 Å². The quantitative estimate of drug-likeness (QED) is 0.441. The van der Waals surface area contributed by atoms with Gasteiger partial charge in [-0.15, -0.1) is 0 Å². The molecule has 0 amide bonds. The van der Waals surface area contributed by atoms with Crippen molar-refractivity contribution >= 4 is 15.7 Å². The van der Waals surface area contributed by atoms with Gasteiger partial charge in [0.15, 0.2) is 5.82 Å². The Hall–Kier alpha value is -3.72. The first kappa shape index (κ1) is 22.5. The van der Waals surface area contributed by atoms with Crippen LogP contribution in [0.25, 0.3) is 5.82 Å². The van der Waals surface area contributed by atoms with Gasteiger partial charge >= 0.3 is 0 Å². The van der Waals surface area contributed by atoms with E-state index in [1.54, 1.807) is 54.1 Å². The summed E-state index contributed by atoms with van der Waals surface area (Å²) in [5.41, 5.74) is 5.04. The van der Waals surface area contributed by atoms with Crippen molar-refractivity contribution in [3.05, 3.63) is 82.9 Å². The molecule has 0 bridgehead atoms. The van der Waals surface area contributed by atoms with Gasteiger partial charge in [-0.3, -0.25) is 4.72 Å². The molecule has 4 aromatic rings. The summed E-state index contributed by atoms with van der Waals surface area (Å²) < 4.78 is 35.8. The summed E-state index contributed by atoms with van der Waals surface area (Å²) in [6.45, 7) is 9.58. The number of nitrogens with zero attached hydrogens (tertiary/aromatic N) is 4. The number of aromatic nitrogens is 4. The first-order valence-corrected chi connectivity index (χ1v) is 11.9. The van der Waals surface area contributed by atoms with E-state index >= 15 is 0 Å². The Labute approximate surface area is 193 Å². The molecule has 0 atom stereocenters. The standard InChI is InChI=1S/C24H25N5O3S/c1-15-6-7-16(2)22(12-15)33(30,31)28-20-8-10-21(11-9-20)32-24-13-23(25-14-26-24)29-19(5)17(3)18(4)27-29/h6-14,28H,1-5H3. The molecule has 2 heterocycles. The molecule has 0 saturated heterocycles. The number of benzene rings is 2. The highest BCUT2D eigenvalue weighted by molar-refractivity contribution is 7.92. The SMILES string of the molecule is Cc1ccc(C)c(S(=O)(=O)Nc2ccc(Oc3cc(-n4nc(C)c(C)c4C)ncn3)cc2)c1. The predicted octanol–water partition coefficient (Wildman–Crippen LogP) is 4.80. The lowest BCUT2D eigenvalue weighted by Crippen LogP contribution is -2.14. The lowest BCUT2D eigenvalue weighted by Gasteiger charge is -2.12. The normalized spacial score (nSPS) is 11.4. The summed E-state index contributed by atoms with van der Waals surface area (Å²) in [5.74, 6) is 1.47. The van der Waals surface area contributed by atoms with Gasteiger partial charge in [0, 0.05) is 17.4 Å². The number of aryl methyl sites for hydroxylation is 3. The van der Waals surface area contributed by atoms with E-state index in [2.05, 4.69) is 19.8 Å². The maximum absolute atomic E-state index is 12.8. The zero-order valence-corrected chi connectivity index (χ0v) is 19.9. The minimum Gasteiger partial charge on any atom is -0.439 e. The zero-order chi connectivity index (χ0) is 23.8. The molecule has 0 unspecified atom stereocenters. The number of hydrogen-bond acceptors (Lipinski definition) is 6. The van der Waals surface area contributed by atoms with E-state index in [0.717, 1.165) is 22.5 Å². The molecule has 0 spiro atoms. The number of ether oxygens (including phenoxy) is 1. The average molecular weight is 464 g/mol. The van der Waals surface area contributed by atoms with Crippen molar-refractivity contribution in [3.63, 3.8) is 0 Å². The van der Waals surface area contributed by atoms with E-state index < -0.39 is 10.0 Å². The third-order valence-corrected chi connectivity index (χ3v) is 6.98. The van der Waals surface area contributed by atoms with E-state index in [9.17, 15) is 8.42 Å². The molecule has 0 aliphatic heterocycles. The molecule has 0 fully saturated rings. The minimum atomic E-state index is -3.70. The maximum atomic E-state index is 12.8. The van der Waals surface area contributed by atoms with Gasteiger partial charge in [-0.25, -0.2) is 23.1 Å².